The second-order valence-corrected chi connectivity index (χ2v) is 24.5. The molecule has 0 amide bonds. The summed E-state index contributed by atoms with van der Waals surface area (Å²) in [7, 11) is 0. The van der Waals surface area contributed by atoms with Crippen LogP contribution in [0.4, 0.5) is 0 Å². The minimum atomic E-state index is -1.95. The smallest absolute Gasteiger partial charge is 0.187 e. The fraction of sp³-hybridized carbons (Fsp3) is 1.00. The molecule has 0 aromatic rings. The van der Waals surface area contributed by atoms with Crippen LogP contribution in [0, 0.1) is 52.3 Å². The number of nitrogens with one attached hydrogen (secondary N) is 1. The maximum atomic E-state index is 12.4. The molecule has 1 spiro atoms. The number of aliphatic hydroxyl groups is 12. The van der Waals surface area contributed by atoms with Crippen molar-refractivity contribution in [2.24, 2.45) is 52.3 Å². The van der Waals surface area contributed by atoms with Crippen molar-refractivity contribution in [3.05, 3.63) is 0 Å². The van der Waals surface area contributed by atoms with E-state index in [-0.39, 0.29) is 22.7 Å². The zero-order valence-corrected chi connectivity index (χ0v) is 42.7. The Balaban J connectivity index is 0.859. The summed E-state index contributed by atoms with van der Waals surface area (Å²) >= 11 is 0. The van der Waals surface area contributed by atoms with Crippen LogP contribution in [0.25, 0.3) is 0 Å². The van der Waals surface area contributed by atoms with Crippen molar-refractivity contribution in [1.29, 1.82) is 0 Å². The van der Waals surface area contributed by atoms with Crippen LogP contribution in [0.2, 0.25) is 0 Å². The van der Waals surface area contributed by atoms with E-state index in [0.29, 0.717) is 54.3 Å². The molecule has 4 saturated carbocycles. The quantitative estimate of drug-likeness (QED) is 0.0967. The second-order valence-electron chi connectivity index (χ2n) is 24.5. The first-order chi connectivity index (χ1) is 34.7. The molecule has 0 bridgehead atoms. The average molecular weight is 1050 g/mol. The van der Waals surface area contributed by atoms with Crippen molar-refractivity contribution in [1.82, 2.24) is 5.32 Å². The lowest BCUT2D eigenvalue weighted by Gasteiger charge is -2.61. The van der Waals surface area contributed by atoms with Gasteiger partial charge in [0.05, 0.1) is 38.1 Å². The lowest BCUT2D eigenvalue weighted by Crippen LogP contribution is -2.68. The molecule has 0 aromatic heterocycles. The van der Waals surface area contributed by atoms with Gasteiger partial charge in [0.25, 0.3) is 0 Å². The van der Waals surface area contributed by atoms with Crippen LogP contribution in [-0.2, 0) is 42.6 Å². The maximum absolute atomic E-state index is 12.4. The van der Waals surface area contributed by atoms with Crippen LogP contribution < -0.4 is 5.32 Å². The van der Waals surface area contributed by atoms with Crippen LogP contribution >= 0.6 is 0 Å². The highest BCUT2D eigenvalue weighted by atomic mass is 16.8. The Kier molecular flexibility index (Phi) is 16.2. The van der Waals surface area contributed by atoms with Gasteiger partial charge in [-0.2, -0.15) is 0 Å². The highest BCUT2D eigenvalue weighted by Gasteiger charge is 2.69. The molecule has 73 heavy (non-hydrogen) atoms. The molecule has 0 radical (unpaired) electrons. The van der Waals surface area contributed by atoms with Crippen molar-refractivity contribution >= 4 is 0 Å². The van der Waals surface area contributed by atoms with Crippen LogP contribution in [0.5, 0.6) is 0 Å². The minimum Gasteiger partial charge on any atom is -0.394 e. The lowest BCUT2D eigenvalue weighted by atomic mass is 9.44. The molecule has 10 rings (SSSR count). The molecule has 6 saturated heterocycles. The highest BCUT2D eigenvalue weighted by Crippen LogP contribution is 2.71. The Labute approximate surface area is 426 Å². The number of piperidine rings is 1. The van der Waals surface area contributed by atoms with Crippen molar-refractivity contribution in [3.8, 4) is 0 Å². The molecular weight excluding hydrogens is 963 g/mol. The molecule has 32 unspecified atom stereocenters. The summed E-state index contributed by atoms with van der Waals surface area (Å²) in [6.45, 7) is 9.82. The number of rotatable bonds is 11. The van der Waals surface area contributed by atoms with Crippen molar-refractivity contribution in [2.75, 3.05) is 26.4 Å². The lowest BCUT2D eigenvalue weighted by molar-refractivity contribution is -0.402. The summed E-state index contributed by atoms with van der Waals surface area (Å²) in [6.07, 6.45) is -23.5. The molecule has 10 fully saturated rings. The maximum Gasteiger partial charge on any atom is 0.187 e. The summed E-state index contributed by atoms with van der Waals surface area (Å²) < 4.78 is 55.9. The summed E-state index contributed by atoms with van der Waals surface area (Å²) in [6, 6.07) is 0. The molecule has 6 heterocycles. The van der Waals surface area contributed by atoms with Gasteiger partial charge < -0.3 is 104 Å². The molecule has 10 aliphatic rings. The minimum absolute atomic E-state index is 0.0535. The van der Waals surface area contributed by atoms with E-state index >= 15 is 0 Å². The Hall–Kier alpha value is -0.880. The molecule has 420 valence electrons. The van der Waals surface area contributed by atoms with Gasteiger partial charge in [-0.1, -0.05) is 27.7 Å². The van der Waals surface area contributed by atoms with E-state index in [9.17, 15) is 61.3 Å². The topological polar surface area (TPSA) is 338 Å². The third kappa shape index (κ3) is 9.50. The number of fused-ring (bicyclic) bond motifs is 7. The van der Waals surface area contributed by atoms with Gasteiger partial charge in [-0.3, -0.25) is 5.32 Å². The summed E-state index contributed by atoms with van der Waals surface area (Å²) in [5.41, 5.74) is 0.0533. The van der Waals surface area contributed by atoms with Gasteiger partial charge in [-0.05, 0) is 117 Å². The van der Waals surface area contributed by atoms with Gasteiger partial charge in [-0.25, -0.2) is 0 Å². The SMILES string of the molecule is CC1CCC2(NC1)OC1CC3C4CCC5CC(OC6OC(CO)C(OC7OC(CO)C(O)C(O)C7OC7OC(CO)C(O)C(O)C7O)C(O)C6OC6OC(C)C(O)C(O)C6O)CCC5(C)C4CCC3(C)C1C2C. The number of hydrogen-bond donors (Lipinski definition) is 13. The van der Waals surface area contributed by atoms with Gasteiger partial charge >= 0.3 is 0 Å². The zero-order valence-electron chi connectivity index (χ0n) is 42.7. The Morgan fingerprint density at radius 1 is 0.507 bits per heavy atom. The van der Waals surface area contributed by atoms with Gasteiger partial charge in [-0.15, -0.1) is 0 Å². The Bertz CT molecular complexity index is 1870. The summed E-state index contributed by atoms with van der Waals surface area (Å²) in [4.78, 5) is 0. The summed E-state index contributed by atoms with van der Waals surface area (Å²) in [5, 5.41) is 133. The van der Waals surface area contributed by atoms with Gasteiger partial charge in [0.15, 0.2) is 25.2 Å². The van der Waals surface area contributed by atoms with Crippen molar-refractivity contribution in [3.63, 3.8) is 0 Å². The third-order valence-corrected chi connectivity index (χ3v) is 20.6. The fourth-order valence-corrected chi connectivity index (χ4v) is 16.3. The van der Waals surface area contributed by atoms with Crippen LogP contribution in [0.3, 0.4) is 0 Å². The van der Waals surface area contributed by atoms with Crippen molar-refractivity contribution < 1.29 is 104 Å². The van der Waals surface area contributed by atoms with E-state index in [0.717, 1.165) is 45.1 Å². The monoisotopic (exact) mass is 1050 g/mol. The first-order valence-corrected chi connectivity index (χ1v) is 27.3. The van der Waals surface area contributed by atoms with Crippen LogP contribution in [0.15, 0.2) is 0 Å². The third-order valence-electron chi connectivity index (χ3n) is 20.6. The molecule has 22 nitrogen and oxygen atoms in total. The Morgan fingerprint density at radius 2 is 1.08 bits per heavy atom. The normalized spacial score (nSPS) is 58.2. The largest absolute Gasteiger partial charge is 0.394 e. The molecule has 4 aliphatic carbocycles. The van der Waals surface area contributed by atoms with Crippen LogP contribution in [0.1, 0.15) is 98.8 Å². The molecule has 0 aromatic carbocycles. The van der Waals surface area contributed by atoms with E-state index in [2.05, 4.69) is 33.0 Å². The summed E-state index contributed by atoms with van der Waals surface area (Å²) in [5.74, 6) is 3.67. The first kappa shape index (κ1) is 55.4. The van der Waals surface area contributed by atoms with E-state index in [4.69, 9.17) is 42.6 Å². The zero-order chi connectivity index (χ0) is 52.2. The second kappa shape index (κ2) is 21.3. The molecular formula is C51H85NO21. The fourth-order valence-electron chi connectivity index (χ4n) is 16.3. The van der Waals surface area contributed by atoms with Gasteiger partial charge in [0, 0.05) is 12.5 Å². The van der Waals surface area contributed by atoms with Gasteiger partial charge in [0.1, 0.15) is 97.3 Å². The molecule has 22 heteroatoms. The average Bonchev–Trinajstić information content (AvgIpc) is 3.82. The number of ether oxygens (including phenoxy) is 9. The predicted molar refractivity (Wildman–Crippen MR) is 249 cm³/mol. The highest BCUT2D eigenvalue weighted by molar-refractivity contribution is 5.16. The standard InChI is InChI=1S/C51H85NO21/c1-20-8-13-51(52-16-20)21(2)32-28(73-51)15-27-25-7-6-23-14-24(9-11-49(23,4)26(25)10-12-50(27,32)5)66-47-44(72-45-39(62)36(59)33(56)22(3)65-45)41(64)42(31(19-55)69-47)70-48-43(38(61)35(58)30(18-54)68-48)71-46-40(63)37(60)34(57)29(17-53)67-46/h20-48,52-64H,6-19H2,1-5H3. The molecule has 32 atom stereocenters. The Morgan fingerprint density at radius 3 is 1.74 bits per heavy atom. The van der Waals surface area contributed by atoms with E-state index < -0.39 is 149 Å². The first-order valence-electron chi connectivity index (χ1n) is 27.3. The molecule has 13 N–H and O–H groups in total. The van der Waals surface area contributed by atoms with Crippen molar-refractivity contribution in [2.45, 2.75) is 240 Å². The number of hydrogen-bond acceptors (Lipinski definition) is 22. The van der Waals surface area contributed by atoms with E-state index in [1.807, 2.05) is 0 Å². The molecule has 6 aliphatic heterocycles. The van der Waals surface area contributed by atoms with Crippen LogP contribution in [-0.4, -0.2) is 228 Å². The number of aliphatic hydroxyl groups excluding tert-OH is 12. The predicted octanol–water partition coefficient (Wildman–Crippen LogP) is -2.31. The van der Waals surface area contributed by atoms with E-state index in [1.54, 1.807) is 0 Å². The van der Waals surface area contributed by atoms with Gasteiger partial charge in [0.2, 0.25) is 0 Å². The van der Waals surface area contributed by atoms with E-state index in [1.165, 1.54) is 19.8 Å².